The molecule has 0 saturated heterocycles. The third-order valence-electron chi connectivity index (χ3n) is 2.26. The van der Waals surface area contributed by atoms with Crippen LogP contribution < -0.4 is 5.32 Å². The van der Waals surface area contributed by atoms with E-state index < -0.39 is 0 Å². The molecule has 1 atom stereocenters. The van der Waals surface area contributed by atoms with Gasteiger partial charge in [-0.15, -0.1) is 11.3 Å². The van der Waals surface area contributed by atoms with Gasteiger partial charge in [-0.2, -0.15) is 0 Å². The van der Waals surface area contributed by atoms with Crippen molar-refractivity contribution in [3.8, 4) is 0 Å². The first-order valence-corrected chi connectivity index (χ1v) is 5.91. The summed E-state index contributed by atoms with van der Waals surface area (Å²) < 4.78 is 0. The molecule has 1 nitrogen and oxygen atoms in total. The van der Waals surface area contributed by atoms with E-state index in [4.69, 9.17) is 0 Å². The predicted octanol–water partition coefficient (Wildman–Crippen LogP) is 2.93. The van der Waals surface area contributed by atoms with Gasteiger partial charge in [0.25, 0.3) is 0 Å². The van der Waals surface area contributed by atoms with Gasteiger partial charge in [-0.1, -0.05) is 19.4 Å². The Hall–Kier alpha value is -0.340. The fourth-order valence-electron chi connectivity index (χ4n) is 1.69. The van der Waals surface area contributed by atoms with E-state index in [1.54, 1.807) is 0 Å². The second-order valence-corrected chi connectivity index (χ2v) is 4.53. The van der Waals surface area contributed by atoms with Crippen LogP contribution in [-0.2, 0) is 6.42 Å². The standard InChI is InChI=1S/C11H19NS/c1-3-5-10(9-12-2)8-11-6-4-7-13-11/h4,6-7,10,12H,3,5,8-9H2,1-2H3. The molecule has 1 heterocycles. The third-order valence-corrected chi connectivity index (χ3v) is 3.16. The minimum atomic E-state index is 0.814. The van der Waals surface area contributed by atoms with Crippen LogP contribution in [0, 0.1) is 5.92 Å². The fourth-order valence-corrected chi connectivity index (χ4v) is 2.51. The van der Waals surface area contributed by atoms with E-state index in [1.165, 1.54) is 24.1 Å². The Labute approximate surface area is 85.2 Å². The minimum Gasteiger partial charge on any atom is -0.319 e. The van der Waals surface area contributed by atoms with Crippen molar-refractivity contribution in [1.82, 2.24) is 5.32 Å². The average molecular weight is 197 g/mol. The maximum atomic E-state index is 3.27. The lowest BCUT2D eigenvalue weighted by Gasteiger charge is -2.14. The number of hydrogen-bond donors (Lipinski definition) is 1. The van der Waals surface area contributed by atoms with Gasteiger partial charge in [-0.3, -0.25) is 0 Å². The van der Waals surface area contributed by atoms with Crippen LogP contribution in [0.15, 0.2) is 17.5 Å². The van der Waals surface area contributed by atoms with E-state index >= 15 is 0 Å². The largest absolute Gasteiger partial charge is 0.319 e. The number of nitrogens with one attached hydrogen (secondary N) is 1. The monoisotopic (exact) mass is 197 g/mol. The van der Waals surface area contributed by atoms with Gasteiger partial charge in [0, 0.05) is 4.88 Å². The normalized spacial score (nSPS) is 13.1. The van der Waals surface area contributed by atoms with Crippen molar-refractivity contribution >= 4 is 11.3 Å². The minimum absolute atomic E-state index is 0.814. The summed E-state index contributed by atoms with van der Waals surface area (Å²) in [4.78, 5) is 1.52. The quantitative estimate of drug-likeness (QED) is 0.739. The highest BCUT2D eigenvalue weighted by Gasteiger charge is 2.07. The summed E-state index contributed by atoms with van der Waals surface area (Å²) in [5.74, 6) is 0.814. The van der Waals surface area contributed by atoms with E-state index in [-0.39, 0.29) is 0 Å². The van der Waals surface area contributed by atoms with Gasteiger partial charge in [-0.25, -0.2) is 0 Å². The van der Waals surface area contributed by atoms with Crippen LogP contribution >= 0.6 is 11.3 Å². The smallest absolute Gasteiger partial charge is 0.00484 e. The molecular weight excluding hydrogens is 178 g/mol. The number of rotatable bonds is 6. The summed E-state index contributed by atoms with van der Waals surface area (Å²) in [6.45, 7) is 3.41. The molecule has 0 spiro atoms. The Morgan fingerprint density at radius 1 is 1.54 bits per heavy atom. The van der Waals surface area contributed by atoms with Crippen molar-refractivity contribution < 1.29 is 0 Å². The van der Waals surface area contributed by atoms with Gasteiger partial charge in [0.05, 0.1) is 0 Å². The van der Waals surface area contributed by atoms with Crippen LogP contribution in [-0.4, -0.2) is 13.6 Å². The van der Waals surface area contributed by atoms with Crippen molar-refractivity contribution in [3.05, 3.63) is 22.4 Å². The second-order valence-electron chi connectivity index (χ2n) is 3.50. The van der Waals surface area contributed by atoms with Gasteiger partial charge >= 0.3 is 0 Å². The molecule has 1 N–H and O–H groups in total. The van der Waals surface area contributed by atoms with Gasteiger partial charge in [0.2, 0.25) is 0 Å². The molecule has 0 aliphatic heterocycles. The molecule has 1 unspecified atom stereocenters. The summed E-state index contributed by atoms with van der Waals surface area (Å²) >= 11 is 1.88. The van der Waals surface area contributed by atoms with Crippen molar-refractivity contribution in [3.63, 3.8) is 0 Å². The Bertz CT molecular complexity index is 200. The van der Waals surface area contributed by atoms with Crippen molar-refractivity contribution in [1.29, 1.82) is 0 Å². The lowest BCUT2D eigenvalue weighted by Crippen LogP contribution is -2.20. The van der Waals surface area contributed by atoms with Crippen molar-refractivity contribution in [2.75, 3.05) is 13.6 Å². The summed E-state index contributed by atoms with van der Waals surface area (Å²) in [6, 6.07) is 4.38. The van der Waals surface area contributed by atoms with Crippen molar-refractivity contribution in [2.45, 2.75) is 26.2 Å². The molecule has 1 aromatic rings. The van der Waals surface area contributed by atoms with E-state index in [2.05, 4.69) is 29.8 Å². The first-order chi connectivity index (χ1) is 6.36. The van der Waals surface area contributed by atoms with Gasteiger partial charge < -0.3 is 5.32 Å². The van der Waals surface area contributed by atoms with Gasteiger partial charge in [-0.05, 0) is 43.8 Å². The molecule has 0 aliphatic carbocycles. The summed E-state index contributed by atoms with van der Waals surface area (Å²) in [7, 11) is 2.04. The highest BCUT2D eigenvalue weighted by molar-refractivity contribution is 7.09. The van der Waals surface area contributed by atoms with E-state index in [0.29, 0.717) is 0 Å². The summed E-state index contributed by atoms with van der Waals surface area (Å²) in [6.07, 6.45) is 3.86. The second kappa shape index (κ2) is 6.17. The topological polar surface area (TPSA) is 12.0 Å². The molecule has 0 amide bonds. The Morgan fingerprint density at radius 3 is 2.92 bits per heavy atom. The van der Waals surface area contributed by atoms with Crippen LogP contribution in [0.1, 0.15) is 24.6 Å². The van der Waals surface area contributed by atoms with Gasteiger partial charge in [0.1, 0.15) is 0 Å². The third kappa shape index (κ3) is 3.92. The van der Waals surface area contributed by atoms with Crippen LogP contribution in [0.3, 0.4) is 0 Å². The highest BCUT2D eigenvalue weighted by Crippen LogP contribution is 2.17. The number of thiophene rings is 1. The Morgan fingerprint density at radius 2 is 2.38 bits per heavy atom. The zero-order chi connectivity index (χ0) is 9.52. The van der Waals surface area contributed by atoms with Gasteiger partial charge in [0.15, 0.2) is 0 Å². The molecule has 0 saturated carbocycles. The SMILES string of the molecule is CCCC(CNC)Cc1cccs1. The maximum Gasteiger partial charge on any atom is 0.00484 e. The average Bonchev–Trinajstić information content (AvgIpc) is 2.58. The van der Waals surface area contributed by atoms with E-state index in [1.807, 2.05) is 18.4 Å². The lowest BCUT2D eigenvalue weighted by molar-refractivity contribution is 0.458. The molecule has 0 bridgehead atoms. The molecular formula is C11H19NS. The van der Waals surface area contributed by atoms with Crippen LogP contribution in [0.4, 0.5) is 0 Å². The Balaban J connectivity index is 2.37. The summed E-state index contributed by atoms with van der Waals surface area (Å²) in [5.41, 5.74) is 0. The molecule has 13 heavy (non-hydrogen) atoms. The molecule has 0 aromatic carbocycles. The molecule has 0 aliphatic rings. The zero-order valence-corrected chi connectivity index (χ0v) is 9.36. The van der Waals surface area contributed by atoms with Crippen LogP contribution in [0.2, 0.25) is 0 Å². The lowest BCUT2D eigenvalue weighted by atomic mass is 9.99. The number of hydrogen-bond acceptors (Lipinski definition) is 2. The molecule has 74 valence electrons. The van der Waals surface area contributed by atoms with Crippen LogP contribution in [0.5, 0.6) is 0 Å². The van der Waals surface area contributed by atoms with Crippen LogP contribution in [0.25, 0.3) is 0 Å². The summed E-state index contributed by atoms with van der Waals surface area (Å²) in [5, 5.41) is 5.43. The molecule has 1 aromatic heterocycles. The van der Waals surface area contributed by atoms with E-state index in [0.717, 1.165) is 12.5 Å². The highest BCUT2D eigenvalue weighted by atomic mass is 32.1. The Kier molecular flexibility index (Phi) is 5.09. The maximum absolute atomic E-state index is 3.27. The fraction of sp³-hybridized carbons (Fsp3) is 0.636. The molecule has 0 fully saturated rings. The molecule has 1 rings (SSSR count). The molecule has 0 radical (unpaired) electrons. The molecule has 2 heteroatoms. The predicted molar refractivity (Wildman–Crippen MR) is 60.3 cm³/mol. The first kappa shape index (κ1) is 10.7. The zero-order valence-electron chi connectivity index (χ0n) is 8.55. The van der Waals surface area contributed by atoms with E-state index in [9.17, 15) is 0 Å². The first-order valence-electron chi connectivity index (χ1n) is 5.03. The van der Waals surface area contributed by atoms with Crippen molar-refractivity contribution in [2.24, 2.45) is 5.92 Å².